The molecule has 0 amide bonds. The van der Waals surface area contributed by atoms with Gasteiger partial charge in [-0.1, -0.05) is 12.1 Å². The fourth-order valence-electron chi connectivity index (χ4n) is 2.13. The first kappa shape index (κ1) is 15.2. The number of hydrogen-bond donors (Lipinski definition) is 1. The van der Waals surface area contributed by atoms with Crippen LogP contribution < -0.4 is 5.73 Å². The fraction of sp³-hybridized carbons (Fsp3) is 0.267. The van der Waals surface area contributed by atoms with Gasteiger partial charge < -0.3 is 10.5 Å². The van der Waals surface area contributed by atoms with Crippen LogP contribution in [0, 0.1) is 0 Å². The molecule has 3 nitrogen and oxygen atoms in total. The molecule has 1 aliphatic rings. The highest BCUT2D eigenvalue weighted by atomic mass is 19.4. The highest BCUT2D eigenvalue weighted by Crippen LogP contribution is 2.35. The van der Waals surface area contributed by atoms with E-state index >= 15 is 0 Å². The molecule has 0 fully saturated rings. The number of rotatable bonds is 3. The van der Waals surface area contributed by atoms with E-state index in [1.54, 1.807) is 6.92 Å². The third kappa shape index (κ3) is 3.09. The van der Waals surface area contributed by atoms with Gasteiger partial charge in [-0.2, -0.15) is 13.2 Å². The van der Waals surface area contributed by atoms with E-state index in [1.807, 2.05) is 0 Å². The number of ketones is 1. The van der Waals surface area contributed by atoms with Crippen molar-refractivity contribution in [3.63, 3.8) is 0 Å². The lowest BCUT2D eigenvalue weighted by atomic mass is 10.0. The van der Waals surface area contributed by atoms with Crippen molar-refractivity contribution in [2.75, 3.05) is 6.61 Å². The molecule has 1 aromatic rings. The molecule has 21 heavy (non-hydrogen) atoms. The van der Waals surface area contributed by atoms with Gasteiger partial charge in [0.2, 0.25) is 0 Å². The Kier molecular flexibility index (Phi) is 4.06. The summed E-state index contributed by atoms with van der Waals surface area (Å²) in [7, 11) is 0. The van der Waals surface area contributed by atoms with Crippen molar-refractivity contribution < 1.29 is 22.7 Å². The zero-order valence-electron chi connectivity index (χ0n) is 11.3. The summed E-state index contributed by atoms with van der Waals surface area (Å²) in [5.74, 6) is -0.389. The van der Waals surface area contributed by atoms with Crippen LogP contribution in [0.1, 0.15) is 24.5 Å². The lowest BCUT2D eigenvalue weighted by Gasteiger charge is -2.09. The summed E-state index contributed by atoms with van der Waals surface area (Å²) in [5.41, 5.74) is 5.89. The van der Waals surface area contributed by atoms with Crippen molar-refractivity contribution in [3.8, 4) is 0 Å². The number of nitrogens with two attached hydrogens (primary N) is 1. The van der Waals surface area contributed by atoms with Gasteiger partial charge in [0.05, 0.1) is 18.4 Å². The van der Waals surface area contributed by atoms with E-state index in [0.29, 0.717) is 12.2 Å². The molecule has 0 heterocycles. The van der Waals surface area contributed by atoms with Gasteiger partial charge in [-0.05, 0) is 24.6 Å². The standard InChI is InChI=1S/C15H14F3NO2/c1-2-21-8-10-7-12(19)13(14(10)20)9-4-3-5-11(6-9)15(16,17)18/h3-6,8H,2,7,19H2,1H3. The number of benzene rings is 1. The number of alkyl halides is 3. The first-order valence-electron chi connectivity index (χ1n) is 6.36. The Bertz CT molecular complexity index is 630. The Morgan fingerprint density at radius 2 is 2.10 bits per heavy atom. The van der Waals surface area contributed by atoms with Crippen LogP contribution in [0.3, 0.4) is 0 Å². The summed E-state index contributed by atoms with van der Waals surface area (Å²) >= 11 is 0. The van der Waals surface area contributed by atoms with Crippen LogP contribution in [-0.4, -0.2) is 12.4 Å². The predicted octanol–water partition coefficient (Wildman–Crippen LogP) is 3.27. The number of ether oxygens (including phenoxy) is 1. The van der Waals surface area contributed by atoms with Crippen molar-refractivity contribution in [3.05, 3.63) is 52.9 Å². The van der Waals surface area contributed by atoms with Gasteiger partial charge in [0.15, 0.2) is 5.78 Å². The van der Waals surface area contributed by atoms with E-state index in [4.69, 9.17) is 10.5 Å². The Hall–Kier alpha value is -2.24. The van der Waals surface area contributed by atoms with E-state index < -0.39 is 11.7 Å². The molecular formula is C15H14F3NO2. The maximum Gasteiger partial charge on any atom is 0.416 e. The van der Waals surface area contributed by atoms with Gasteiger partial charge in [0.1, 0.15) is 0 Å². The topological polar surface area (TPSA) is 52.3 Å². The molecule has 112 valence electrons. The van der Waals surface area contributed by atoms with E-state index in [0.717, 1.165) is 12.1 Å². The predicted molar refractivity (Wildman–Crippen MR) is 71.9 cm³/mol. The maximum atomic E-state index is 12.7. The molecule has 0 spiro atoms. The molecule has 0 saturated heterocycles. The summed E-state index contributed by atoms with van der Waals surface area (Å²) in [6, 6.07) is 4.59. The monoisotopic (exact) mass is 297 g/mol. The normalized spacial score (nSPS) is 17.7. The number of carbonyl (C=O) groups excluding carboxylic acids is 1. The molecule has 0 aliphatic heterocycles. The number of hydrogen-bond acceptors (Lipinski definition) is 3. The quantitative estimate of drug-likeness (QED) is 0.688. The van der Waals surface area contributed by atoms with Gasteiger partial charge >= 0.3 is 6.18 Å². The van der Waals surface area contributed by atoms with Crippen LogP contribution in [0.25, 0.3) is 5.57 Å². The minimum absolute atomic E-state index is 0.118. The SMILES string of the molecule is CCOC=C1CC(N)=C(c2cccc(C(F)(F)F)c2)C1=O. The van der Waals surface area contributed by atoms with Crippen molar-refractivity contribution in [1.82, 2.24) is 0 Å². The van der Waals surface area contributed by atoms with E-state index in [1.165, 1.54) is 18.4 Å². The van der Waals surface area contributed by atoms with Gasteiger partial charge in [-0.3, -0.25) is 4.79 Å². The second kappa shape index (κ2) is 5.63. The van der Waals surface area contributed by atoms with Gasteiger partial charge in [0, 0.05) is 23.3 Å². The van der Waals surface area contributed by atoms with E-state index in [9.17, 15) is 18.0 Å². The maximum absolute atomic E-state index is 12.7. The zero-order valence-corrected chi connectivity index (χ0v) is 11.3. The Morgan fingerprint density at radius 3 is 2.71 bits per heavy atom. The van der Waals surface area contributed by atoms with Crippen molar-refractivity contribution in [2.24, 2.45) is 5.73 Å². The minimum Gasteiger partial charge on any atom is -0.501 e. The van der Waals surface area contributed by atoms with E-state index in [2.05, 4.69) is 0 Å². The highest BCUT2D eigenvalue weighted by molar-refractivity contribution is 6.32. The first-order valence-corrected chi connectivity index (χ1v) is 6.36. The molecule has 0 saturated carbocycles. The lowest BCUT2D eigenvalue weighted by molar-refractivity contribution is -0.137. The fourth-order valence-corrected chi connectivity index (χ4v) is 2.13. The third-order valence-corrected chi connectivity index (χ3v) is 3.09. The van der Waals surface area contributed by atoms with Gasteiger partial charge in [0.25, 0.3) is 0 Å². The molecular weight excluding hydrogens is 283 g/mol. The lowest BCUT2D eigenvalue weighted by Crippen LogP contribution is -2.07. The summed E-state index contributed by atoms with van der Waals surface area (Å²) in [6.07, 6.45) is -2.96. The number of halogens is 3. The molecule has 2 rings (SSSR count). The first-order chi connectivity index (χ1) is 9.84. The zero-order chi connectivity index (χ0) is 15.6. The van der Waals surface area contributed by atoms with E-state index in [-0.39, 0.29) is 29.0 Å². The minimum atomic E-state index is -4.46. The largest absolute Gasteiger partial charge is 0.501 e. The van der Waals surface area contributed by atoms with Crippen molar-refractivity contribution in [1.29, 1.82) is 0 Å². The van der Waals surface area contributed by atoms with Crippen LogP contribution in [0.5, 0.6) is 0 Å². The van der Waals surface area contributed by atoms with Crippen LogP contribution in [0.15, 0.2) is 41.8 Å². The average molecular weight is 297 g/mol. The molecule has 2 N–H and O–H groups in total. The molecule has 0 atom stereocenters. The molecule has 0 bridgehead atoms. The van der Waals surface area contributed by atoms with Crippen LogP contribution in [-0.2, 0) is 15.7 Å². The summed E-state index contributed by atoms with van der Waals surface area (Å²) in [4.78, 5) is 12.2. The number of carbonyl (C=O) groups is 1. The Labute approximate surface area is 119 Å². The molecule has 0 aromatic heterocycles. The second-order valence-electron chi connectivity index (χ2n) is 4.58. The Morgan fingerprint density at radius 1 is 1.38 bits per heavy atom. The van der Waals surface area contributed by atoms with Crippen molar-refractivity contribution >= 4 is 11.4 Å². The van der Waals surface area contributed by atoms with Crippen LogP contribution >= 0.6 is 0 Å². The highest BCUT2D eigenvalue weighted by Gasteiger charge is 2.33. The molecule has 0 unspecified atom stereocenters. The van der Waals surface area contributed by atoms with Gasteiger partial charge in [-0.15, -0.1) is 0 Å². The van der Waals surface area contributed by atoms with Gasteiger partial charge in [-0.25, -0.2) is 0 Å². The van der Waals surface area contributed by atoms with Crippen LogP contribution in [0.2, 0.25) is 0 Å². The van der Waals surface area contributed by atoms with Crippen molar-refractivity contribution in [2.45, 2.75) is 19.5 Å². The molecule has 0 radical (unpaired) electrons. The molecule has 6 heteroatoms. The second-order valence-corrected chi connectivity index (χ2v) is 4.58. The molecule has 1 aliphatic carbocycles. The number of Topliss-reactive ketones (excluding diaryl/α,β-unsaturated/α-hetero) is 1. The summed E-state index contributed by atoms with van der Waals surface area (Å²) < 4.78 is 43.2. The third-order valence-electron chi connectivity index (χ3n) is 3.09. The van der Waals surface area contributed by atoms with Crippen LogP contribution in [0.4, 0.5) is 13.2 Å². The smallest absolute Gasteiger partial charge is 0.416 e. The number of allylic oxidation sites excluding steroid dienone is 2. The summed E-state index contributed by atoms with van der Waals surface area (Å²) in [5, 5.41) is 0. The molecule has 1 aromatic carbocycles. The average Bonchev–Trinajstić information content (AvgIpc) is 2.70. The summed E-state index contributed by atoms with van der Waals surface area (Å²) in [6.45, 7) is 2.16. The Balaban J connectivity index is 2.39.